The number of rotatable bonds is 2. The van der Waals surface area contributed by atoms with Gasteiger partial charge in [0.05, 0.1) is 11.0 Å². The van der Waals surface area contributed by atoms with Crippen LogP contribution in [0.3, 0.4) is 0 Å². The lowest BCUT2D eigenvalue weighted by atomic mass is 10.1. The highest BCUT2D eigenvalue weighted by atomic mass is 16.6. The minimum absolute atomic E-state index is 0.0276. The van der Waals surface area contributed by atoms with Crippen LogP contribution in [0.15, 0.2) is 12.1 Å². The van der Waals surface area contributed by atoms with Gasteiger partial charge in [-0.3, -0.25) is 10.1 Å². The molecule has 1 aromatic rings. The number of pyridine rings is 1. The molecule has 0 unspecified atom stereocenters. The van der Waals surface area contributed by atoms with Crippen molar-refractivity contribution in [3.05, 3.63) is 27.9 Å². The lowest BCUT2D eigenvalue weighted by Crippen LogP contribution is -2.51. The number of aryl methyl sites for hydroxylation is 1. The molecule has 0 amide bonds. The van der Waals surface area contributed by atoms with Crippen LogP contribution in [0.5, 0.6) is 0 Å². The van der Waals surface area contributed by atoms with E-state index in [1.807, 2.05) is 4.90 Å². The molecular formula is C9H11N3O3. The van der Waals surface area contributed by atoms with Gasteiger partial charge in [0.25, 0.3) is 5.69 Å². The number of hydrogen-bond donors (Lipinski definition) is 1. The van der Waals surface area contributed by atoms with Crippen LogP contribution < -0.4 is 4.90 Å². The second-order valence-electron chi connectivity index (χ2n) is 3.59. The maximum atomic E-state index is 10.6. The van der Waals surface area contributed by atoms with Gasteiger partial charge >= 0.3 is 0 Å². The molecule has 0 aromatic carbocycles. The van der Waals surface area contributed by atoms with Gasteiger partial charge in [0.15, 0.2) is 0 Å². The Morgan fingerprint density at radius 3 is 2.73 bits per heavy atom. The van der Waals surface area contributed by atoms with E-state index in [1.165, 1.54) is 6.07 Å². The number of aromatic nitrogens is 1. The standard InChI is InChI=1S/C9H11N3O3/c1-6-8(12(14)15)2-3-9(10-6)11-4-7(13)5-11/h2-3,7,13H,4-5H2,1H3. The molecule has 1 aliphatic rings. The lowest BCUT2D eigenvalue weighted by Gasteiger charge is -2.36. The molecule has 0 atom stereocenters. The van der Waals surface area contributed by atoms with E-state index in [0.29, 0.717) is 24.6 Å². The number of hydrogen-bond acceptors (Lipinski definition) is 5. The number of β-amino-alcohol motifs (C(OH)–C–C–N with tert-alkyl or cyclic N) is 1. The maximum Gasteiger partial charge on any atom is 0.290 e. The maximum absolute atomic E-state index is 10.6. The third kappa shape index (κ3) is 1.75. The predicted octanol–water partition coefficient (Wildman–Crippen LogP) is 0.479. The molecular weight excluding hydrogens is 198 g/mol. The molecule has 1 N–H and O–H groups in total. The Labute approximate surface area is 86.3 Å². The van der Waals surface area contributed by atoms with Crippen LogP contribution in [0.4, 0.5) is 11.5 Å². The first-order valence-electron chi connectivity index (χ1n) is 4.63. The van der Waals surface area contributed by atoms with Crippen molar-refractivity contribution >= 4 is 11.5 Å². The summed E-state index contributed by atoms with van der Waals surface area (Å²) in [6, 6.07) is 3.05. The average molecular weight is 209 g/mol. The molecule has 0 saturated carbocycles. The Kier molecular flexibility index (Phi) is 2.28. The highest BCUT2D eigenvalue weighted by Crippen LogP contribution is 2.23. The summed E-state index contributed by atoms with van der Waals surface area (Å²) in [4.78, 5) is 16.1. The van der Waals surface area contributed by atoms with E-state index in [0.717, 1.165) is 0 Å². The highest BCUT2D eigenvalue weighted by molar-refractivity contribution is 5.48. The molecule has 0 aliphatic carbocycles. The van der Waals surface area contributed by atoms with Crippen LogP contribution >= 0.6 is 0 Å². The van der Waals surface area contributed by atoms with Crippen molar-refractivity contribution in [3.8, 4) is 0 Å². The fourth-order valence-electron chi connectivity index (χ4n) is 1.55. The average Bonchev–Trinajstić information content (AvgIpc) is 2.12. The van der Waals surface area contributed by atoms with Crippen LogP contribution in [0, 0.1) is 17.0 Å². The van der Waals surface area contributed by atoms with Crippen LogP contribution in [0.2, 0.25) is 0 Å². The summed E-state index contributed by atoms with van der Waals surface area (Å²) in [5, 5.41) is 19.7. The molecule has 80 valence electrons. The molecule has 15 heavy (non-hydrogen) atoms. The fourth-order valence-corrected chi connectivity index (χ4v) is 1.55. The van der Waals surface area contributed by atoms with Crippen molar-refractivity contribution in [2.75, 3.05) is 18.0 Å². The monoisotopic (exact) mass is 209 g/mol. The van der Waals surface area contributed by atoms with Crippen molar-refractivity contribution < 1.29 is 10.0 Å². The first-order chi connectivity index (χ1) is 7.08. The zero-order valence-corrected chi connectivity index (χ0v) is 8.25. The normalized spacial score (nSPS) is 16.3. The number of nitrogens with zero attached hydrogens (tertiary/aromatic N) is 3. The number of aliphatic hydroxyl groups excluding tert-OH is 1. The zero-order chi connectivity index (χ0) is 11.0. The number of nitro groups is 1. The molecule has 0 spiro atoms. The summed E-state index contributed by atoms with van der Waals surface area (Å²) in [6.07, 6.45) is -0.303. The van der Waals surface area contributed by atoms with Crippen molar-refractivity contribution in [2.45, 2.75) is 13.0 Å². The minimum Gasteiger partial charge on any atom is -0.389 e. The van der Waals surface area contributed by atoms with E-state index in [9.17, 15) is 10.1 Å². The quantitative estimate of drug-likeness (QED) is 0.566. The van der Waals surface area contributed by atoms with Crippen molar-refractivity contribution in [3.63, 3.8) is 0 Å². The second kappa shape index (κ2) is 3.47. The van der Waals surface area contributed by atoms with Gasteiger partial charge in [-0.2, -0.15) is 0 Å². The van der Waals surface area contributed by atoms with E-state index in [1.54, 1.807) is 13.0 Å². The Morgan fingerprint density at radius 2 is 2.27 bits per heavy atom. The molecule has 1 aliphatic heterocycles. The molecule has 1 saturated heterocycles. The summed E-state index contributed by atoms with van der Waals surface area (Å²) in [5.41, 5.74) is 0.429. The van der Waals surface area contributed by atoms with E-state index in [2.05, 4.69) is 4.98 Å². The molecule has 2 rings (SSSR count). The highest BCUT2D eigenvalue weighted by Gasteiger charge is 2.26. The van der Waals surface area contributed by atoms with Gasteiger partial charge < -0.3 is 10.0 Å². The fraction of sp³-hybridized carbons (Fsp3) is 0.444. The molecule has 1 fully saturated rings. The topological polar surface area (TPSA) is 79.5 Å². The summed E-state index contributed by atoms with van der Waals surface area (Å²) in [5.74, 6) is 0.684. The first kappa shape index (κ1) is 9.85. The molecule has 2 heterocycles. The van der Waals surface area contributed by atoms with E-state index < -0.39 is 4.92 Å². The summed E-state index contributed by atoms with van der Waals surface area (Å²) in [6.45, 7) is 2.70. The molecule has 6 nitrogen and oxygen atoms in total. The van der Waals surface area contributed by atoms with Crippen LogP contribution in [0.1, 0.15) is 5.69 Å². The van der Waals surface area contributed by atoms with Gasteiger partial charge in [-0.05, 0) is 13.0 Å². The Balaban J connectivity index is 2.22. The smallest absolute Gasteiger partial charge is 0.290 e. The van der Waals surface area contributed by atoms with Gasteiger partial charge in [-0.1, -0.05) is 0 Å². The Hall–Kier alpha value is -1.69. The SMILES string of the molecule is Cc1nc(N2CC(O)C2)ccc1[N+](=O)[O-]. The van der Waals surface area contributed by atoms with Gasteiger partial charge in [0.1, 0.15) is 11.5 Å². The lowest BCUT2D eigenvalue weighted by molar-refractivity contribution is -0.385. The zero-order valence-electron chi connectivity index (χ0n) is 8.25. The van der Waals surface area contributed by atoms with Gasteiger partial charge in [-0.25, -0.2) is 4.98 Å². The summed E-state index contributed by atoms with van der Waals surface area (Å²) in [7, 11) is 0. The molecule has 0 bridgehead atoms. The number of aliphatic hydroxyl groups is 1. The van der Waals surface area contributed by atoms with Gasteiger partial charge in [0, 0.05) is 19.2 Å². The molecule has 0 radical (unpaired) electrons. The Bertz CT molecular complexity index is 402. The first-order valence-corrected chi connectivity index (χ1v) is 4.63. The predicted molar refractivity (Wildman–Crippen MR) is 53.8 cm³/mol. The van der Waals surface area contributed by atoms with Crippen molar-refractivity contribution in [2.24, 2.45) is 0 Å². The molecule has 1 aromatic heterocycles. The van der Waals surface area contributed by atoms with Gasteiger partial charge in [-0.15, -0.1) is 0 Å². The minimum atomic E-state index is -0.447. The number of anilines is 1. The summed E-state index contributed by atoms with van der Waals surface area (Å²) >= 11 is 0. The van der Waals surface area contributed by atoms with Crippen LogP contribution in [-0.4, -0.2) is 34.2 Å². The van der Waals surface area contributed by atoms with Gasteiger partial charge in [0.2, 0.25) is 0 Å². The summed E-state index contributed by atoms with van der Waals surface area (Å²) < 4.78 is 0. The van der Waals surface area contributed by atoms with Crippen molar-refractivity contribution in [1.82, 2.24) is 4.98 Å². The van der Waals surface area contributed by atoms with Crippen molar-refractivity contribution in [1.29, 1.82) is 0 Å². The van der Waals surface area contributed by atoms with E-state index >= 15 is 0 Å². The third-order valence-electron chi connectivity index (χ3n) is 2.43. The van der Waals surface area contributed by atoms with Crippen LogP contribution in [-0.2, 0) is 0 Å². The van der Waals surface area contributed by atoms with Crippen LogP contribution in [0.25, 0.3) is 0 Å². The second-order valence-corrected chi connectivity index (χ2v) is 3.59. The van der Waals surface area contributed by atoms with E-state index in [4.69, 9.17) is 5.11 Å². The van der Waals surface area contributed by atoms with E-state index in [-0.39, 0.29) is 11.8 Å². The third-order valence-corrected chi connectivity index (χ3v) is 2.43. The Morgan fingerprint density at radius 1 is 1.60 bits per heavy atom. The largest absolute Gasteiger partial charge is 0.389 e. The molecule has 6 heteroatoms.